The summed E-state index contributed by atoms with van der Waals surface area (Å²) in [6.07, 6.45) is -0.496. The monoisotopic (exact) mass is 486 g/mol. The fraction of sp³-hybridized carbons (Fsp3) is 0.560. The van der Waals surface area contributed by atoms with Gasteiger partial charge in [0.05, 0.1) is 24.9 Å². The van der Waals surface area contributed by atoms with E-state index in [4.69, 9.17) is 23.7 Å². The lowest BCUT2D eigenvalue weighted by Crippen LogP contribution is -2.57. The van der Waals surface area contributed by atoms with Gasteiger partial charge < -0.3 is 23.7 Å². The van der Waals surface area contributed by atoms with E-state index in [9.17, 15) is 24.0 Å². The van der Waals surface area contributed by atoms with Gasteiger partial charge in [-0.15, -0.1) is 0 Å². The van der Waals surface area contributed by atoms with Crippen LogP contribution >= 0.6 is 0 Å². The van der Waals surface area contributed by atoms with Gasteiger partial charge in [0.15, 0.2) is 5.76 Å². The summed E-state index contributed by atoms with van der Waals surface area (Å²) in [4.78, 5) is 63.2. The Balaban J connectivity index is 1.71. The number of hydrogen-bond donors (Lipinski definition) is 1. The van der Waals surface area contributed by atoms with E-state index >= 15 is 0 Å². The Hall–Kier alpha value is -3.27. The van der Waals surface area contributed by atoms with E-state index in [0.29, 0.717) is 23.1 Å². The molecule has 3 aliphatic carbocycles. The van der Waals surface area contributed by atoms with Crippen molar-refractivity contribution in [3.05, 3.63) is 34.3 Å². The van der Waals surface area contributed by atoms with Crippen molar-refractivity contribution < 1.29 is 47.7 Å². The Bertz CT molecular complexity index is 1200. The van der Waals surface area contributed by atoms with Crippen LogP contribution in [0.3, 0.4) is 0 Å². The summed E-state index contributed by atoms with van der Waals surface area (Å²) >= 11 is 0. The number of allylic oxidation sites excluding steroid dienone is 1. The molecule has 186 valence electrons. The number of ketones is 2. The molecule has 0 unspecified atom stereocenters. The largest absolute Gasteiger partial charge is 0.481 e. The molecule has 1 fully saturated rings. The standard InChI is InChI=1S/C25H26O10/c1-24-8-13(34-17(29)7-6-16(27)28)20-18(12(24)4-5-14(24)26)21(30)22-19-11(9-33-22)23(31)35-15(10-32-3)25(19,20)2/h9,12-13,15H,4-8,10H2,1-3H3,(H,27,28)/t12-,13+,15+,24-,25-/m0/s1. The maximum absolute atomic E-state index is 13.8. The van der Waals surface area contributed by atoms with Gasteiger partial charge in [-0.25, -0.2) is 4.79 Å². The molecule has 0 amide bonds. The minimum atomic E-state index is -1.14. The number of hydrogen-bond acceptors (Lipinski definition) is 9. The Morgan fingerprint density at radius 1 is 1.20 bits per heavy atom. The Labute approximate surface area is 200 Å². The van der Waals surface area contributed by atoms with Crippen molar-refractivity contribution in [1.82, 2.24) is 0 Å². The third-order valence-electron chi connectivity index (χ3n) is 8.20. The second-order valence-electron chi connectivity index (χ2n) is 10.1. The molecule has 4 aliphatic rings. The SMILES string of the molecule is COC[C@H]1OC(=O)c2coc3c2[C@@]1(C)C1=C(C3=O)[C@@H]2CCC(=O)[C@@]2(C)C[C@H]1OC(=O)CCC(=O)O. The first-order valence-electron chi connectivity index (χ1n) is 11.6. The molecular formula is C25H26O10. The van der Waals surface area contributed by atoms with Crippen LogP contribution in [0.2, 0.25) is 0 Å². The summed E-state index contributed by atoms with van der Waals surface area (Å²) < 4.78 is 22.5. The van der Waals surface area contributed by atoms with Gasteiger partial charge in [-0.2, -0.15) is 0 Å². The van der Waals surface area contributed by atoms with Crippen LogP contribution in [-0.4, -0.2) is 60.5 Å². The normalized spacial score (nSPS) is 33.1. The molecule has 0 radical (unpaired) electrons. The van der Waals surface area contributed by atoms with E-state index in [1.165, 1.54) is 13.4 Å². The fourth-order valence-electron chi connectivity index (χ4n) is 6.51. The van der Waals surface area contributed by atoms with Crippen molar-refractivity contribution in [2.45, 2.75) is 63.6 Å². The number of methoxy groups -OCH3 is 1. The maximum atomic E-state index is 13.8. The Morgan fingerprint density at radius 2 is 1.94 bits per heavy atom. The number of furan rings is 1. The molecule has 0 saturated heterocycles. The van der Waals surface area contributed by atoms with E-state index in [2.05, 4.69) is 0 Å². The molecule has 0 aromatic carbocycles. The minimum absolute atomic E-state index is 0.0117. The number of carboxylic acids is 1. The van der Waals surface area contributed by atoms with Gasteiger partial charge in [0.25, 0.3) is 0 Å². The molecule has 1 saturated carbocycles. The molecule has 1 aromatic heterocycles. The van der Waals surface area contributed by atoms with Crippen molar-refractivity contribution in [3.8, 4) is 0 Å². The van der Waals surface area contributed by atoms with Crippen molar-refractivity contribution in [3.63, 3.8) is 0 Å². The molecule has 1 N–H and O–H groups in total. The number of aliphatic carboxylic acids is 1. The van der Waals surface area contributed by atoms with E-state index < -0.39 is 59.1 Å². The summed E-state index contributed by atoms with van der Waals surface area (Å²) in [7, 11) is 1.46. The second-order valence-corrected chi connectivity index (χ2v) is 10.1. The maximum Gasteiger partial charge on any atom is 0.342 e. The number of esters is 2. The number of fused-ring (bicyclic) bond motifs is 3. The minimum Gasteiger partial charge on any atom is -0.481 e. The highest BCUT2D eigenvalue weighted by atomic mass is 16.6. The smallest absolute Gasteiger partial charge is 0.342 e. The number of ether oxygens (including phenoxy) is 3. The number of Topliss-reactive ketones (excluding diaryl/α,β-unsaturated/α-hetero) is 2. The molecule has 35 heavy (non-hydrogen) atoms. The highest BCUT2D eigenvalue weighted by Crippen LogP contribution is 2.61. The van der Waals surface area contributed by atoms with Crippen LogP contribution in [-0.2, 0) is 34.0 Å². The summed E-state index contributed by atoms with van der Waals surface area (Å²) in [5.41, 5.74) is -0.711. The highest BCUT2D eigenvalue weighted by molar-refractivity contribution is 6.14. The van der Waals surface area contributed by atoms with Crippen molar-refractivity contribution >= 4 is 29.5 Å². The van der Waals surface area contributed by atoms with Crippen LogP contribution in [0.1, 0.15) is 72.4 Å². The average Bonchev–Trinajstić information content (AvgIpc) is 3.37. The zero-order chi connectivity index (χ0) is 25.3. The lowest BCUT2D eigenvalue weighted by Gasteiger charge is -2.51. The van der Waals surface area contributed by atoms with Crippen LogP contribution in [0.25, 0.3) is 0 Å². The average molecular weight is 486 g/mol. The first kappa shape index (κ1) is 23.5. The number of cyclic esters (lactones) is 1. The Kier molecular flexibility index (Phi) is 5.28. The molecule has 10 heteroatoms. The van der Waals surface area contributed by atoms with E-state index in [1.807, 2.05) is 0 Å². The van der Waals surface area contributed by atoms with Crippen molar-refractivity contribution in [2.24, 2.45) is 11.3 Å². The van der Waals surface area contributed by atoms with Crippen LogP contribution in [0.4, 0.5) is 0 Å². The van der Waals surface area contributed by atoms with Crippen LogP contribution < -0.4 is 0 Å². The molecule has 0 spiro atoms. The number of carbonyl (C=O) groups is 5. The number of carboxylic acid groups (broad SMARTS) is 1. The van der Waals surface area contributed by atoms with Gasteiger partial charge in [-0.05, 0) is 18.9 Å². The van der Waals surface area contributed by atoms with Gasteiger partial charge >= 0.3 is 17.9 Å². The quantitative estimate of drug-likeness (QED) is 0.595. The van der Waals surface area contributed by atoms with Gasteiger partial charge in [0.1, 0.15) is 29.8 Å². The lowest BCUT2D eigenvalue weighted by atomic mass is 9.54. The first-order chi connectivity index (χ1) is 16.5. The molecule has 1 aromatic rings. The summed E-state index contributed by atoms with van der Waals surface area (Å²) in [5, 5.41) is 8.97. The Morgan fingerprint density at radius 3 is 2.63 bits per heavy atom. The van der Waals surface area contributed by atoms with Gasteiger partial charge in [-0.3, -0.25) is 19.2 Å². The molecule has 10 nitrogen and oxygen atoms in total. The molecule has 5 atom stereocenters. The predicted molar refractivity (Wildman–Crippen MR) is 116 cm³/mol. The van der Waals surface area contributed by atoms with Crippen LogP contribution in [0.5, 0.6) is 0 Å². The van der Waals surface area contributed by atoms with Gasteiger partial charge in [0, 0.05) is 42.4 Å². The zero-order valence-corrected chi connectivity index (χ0v) is 19.7. The van der Waals surface area contributed by atoms with Gasteiger partial charge in [0.2, 0.25) is 5.78 Å². The molecule has 0 bridgehead atoms. The van der Waals surface area contributed by atoms with Crippen molar-refractivity contribution in [2.75, 3.05) is 13.7 Å². The summed E-state index contributed by atoms with van der Waals surface area (Å²) in [6.45, 7) is 3.60. The summed E-state index contributed by atoms with van der Waals surface area (Å²) in [6, 6.07) is 0. The third-order valence-corrected chi connectivity index (χ3v) is 8.20. The topological polar surface area (TPSA) is 146 Å². The van der Waals surface area contributed by atoms with E-state index in [0.717, 1.165) is 0 Å². The number of carbonyl (C=O) groups excluding carboxylic acids is 4. The van der Waals surface area contributed by atoms with E-state index in [1.54, 1.807) is 13.8 Å². The molecule has 1 aliphatic heterocycles. The zero-order valence-electron chi connectivity index (χ0n) is 19.7. The molecule has 5 rings (SSSR count). The predicted octanol–water partition coefficient (Wildman–Crippen LogP) is 2.38. The third kappa shape index (κ3) is 3.15. The molecular weight excluding hydrogens is 460 g/mol. The van der Waals surface area contributed by atoms with Crippen LogP contribution in [0, 0.1) is 11.3 Å². The van der Waals surface area contributed by atoms with Gasteiger partial charge in [-0.1, -0.05) is 6.92 Å². The van der Waals surface area contributed by atoms with E-state index in [-0.39, 0.29) is 43.0 Å². The lowest BCUT2D eigenvalue weighted by molar-refractivity contribution is -0.154. The first-order valence-corrected chi connectivity index (χ1v) is 11.6. The summed E-state index contributed by atoms with van der Waals surface area (Å²) in [5.74, 6) is -3.37. The second kappa shape index (κ2) is 7.87. The molecule has 2 heterocycles. The number of rotatable bonds is 6. The highest BCUT2D eigenvalue weighted by Gasteiger charge is 2.64. The van der Waals surface area contributed by atoms with Crippen molar-refractivity contribution in [1.29, 1.82) is 0 Å². The van der Waals surface area contributed by atoms with Crippen LogP contribution in [0.15, 0.2) is 21.8 Å². The fourth-order valence-corrected chi connectivity index (χ4v) is 6.51.